The Kier molecular flexibility index (Phi) is 1.04. The first-order valence-corrected chi connectivity index (χ1v) is 3.56. The quantitative estimate of drug-likeness (QED) is 0.483. The molecule has 0 aliphatic carbocycles. The first-order chi connectivity index (χ1) is 4.75. The molecule has 0 spiro atoms. The lowest BCUT2D eigenvalue weighted by atomic mass is 10.1. The highest BCUT2D eigenvalue weighted by Crippen LogP contribution is 2.28. The van der Waals surface area contributed by atoms with Crippen molar-refractivity contribution >= 4 is 11.4 Å². The van der Waals surface area contributed by atoms with Crippen LogP contribution >= 0.6 is 0 Å². The highest BCUT2D eigenvalue weighted by Gasteiger charge is 2.19. The maximum atomic E-state index is 4.31. The van der Waals surface area contributed by atoms with Crippen LogP contribution in [0.3, 0.4) is 0 Å². The number of nitrogens with zero attached hydrogens (tertiary/aromatic N) is 2. The summed E-state index contributed by atoms with van der Waals surface area (Å²) >= 11 is 0. The molecule has 0 saturated carbocycles. The first-order valence-electron chi connectivity index (χ1n) is 3.56. The largest absolute Gasteiger partial charge is 0.238 e. The molecule has 0 fully saturated rings. The Hall–Kier alpha value is -0.920. The molecule has 2 aliphatic rings. The maximum absolute atomic E-state index is 4.31. The smallest absolute Gasteiger partial charge is 0.151 e. The zero-order chi connectivity index (χ0) is 7.14. The molecule has 0 atom stereocenters. The van der Waals surface area contributed by atoms with Crippen molar-refractivity contribution in [1.29, 1.82) is 0 Å². The van der Waals surface area contributed by atoms with Gasteiger partial charge in [-0.25, -0.2) is 9.98 Å². The molecular weight excluding hydrogens is 124 g/mol. The molecule has 2 nitrogen and oxygen atoms in total. The zero-order valence-corrected chi connectivity index (χ0v) is 6.31. The van der Waals surface area contributed by atoms with Crippen molar-refractivity contribution in [3.8, 4) is 0 Å². The van der Waals surface area contributed by atoms with Crippen molar-refractivity contribution in [3.63, 3.8) is 0 Å². The van der Waals surface area contributed by atoms with Gasteiger partial charge in [-0.2, -0.15) is 0 Å². The first kappa shape index (κ1) is 5.83. The normalized spacial score (nSPS) is 23.0. The Labute approximate surface area is 60.4 Å². The molecule has 0 saturated heterocycles. The summed E-state index contributed by atoms with van der Waals surface area (Å²) in [6.45, 7) is 4.12. The van der Waals surface area contributed by atoms with Crippen LogP contribution < -0.4 is 0 Å². The van der Waals surface area contributed by atoms with Gasteiger partial charge >= 0.3 is 0 Å². The summed E-state index contributed by atoms with van der Waals surface area (Å²) in [4.78, 5) is 8.62. The van der Waals surface area contributed by atoms with Crippen LogP contribution in [0.1, 0.15) is 26.7 Å². The average molecular weight is 134 g/mol. The fourth-order valence-corrected chi connectivity index (χ4v) is 1.46. The van der Waals surface area contributed by atoms with Crippen LogP contribution in [-0.4, -0.2) is 11.4 Å². The van der Waals surface area contributed by atoms with Gasteiger partial charge in [-0.15, -0.1) is 0 Å². The summed E-state index contributed by atoms with van der Waals surface area (Å²) in [6.07, 6.45) is 2.10. The molecular formula is C8H10N2. The minimum Gasteiger partial charge on any atom is -0.238 e. The van der Waals surface area contributed by atoms with Gasteiger partial charge in [0, 0.05) is 24.3 Å². The Bertz CT molecular complexity index is 243. The van der Waals surface area contributed by atoms with Crippen molar-refractivity contribution < 1.29 is 0 Å². The average Bonchev–Trinajstić information content (AvgIpc) is 2.21. The second-order valence-corrected chi connectivity index (χ2v) is 2.97. The SMILES string of the molecule is CC1=NC2=C(C1)CC(C)=N2. The number of hydrogen-bond acceptors (Lipinski definition) is 2. The summed E-state index contributed by atoms with van der Waals surface area (Å²) in [5.74, 6) is 0.995. The summed E-state index contributed by atoms with van der Waals surface area (Å²) in [5, 5.41) is 0. The Morgan fingerprint density at radius 3 is 1.90 bits per heavy atom. The van der Waals surface area contributed by atoms with E-state index in [0.717, 1.165) is 18.7 Å². The number of aliphatic imine (C=N–C) groups is 2. The van der Waals surface area contributed by atoms with Crippen LogP contribution in [0.15, 0.2) is 21.4 Å². The van der Waals surface area contributed by atoms with Gasteiger partial charge < -0.3 is 0 Å². The number of allylic oxidation sites excluding steroid dienone is 1. The van der Waals surface area contributed by atoms with E-state index >= 15 is 0 Å². The molecule has 2 aliphatic heterocycles. The Morgan fingerprint density at radius 1 is 1.00 bits per heavy atom. The van der Waals surface area contributed by atoms with Gasteiger partial charge in [0.25, 0.3) is 0 Å². The lowest BCUT2D eigenvalue weighted by Gasteiger charge is -1.92. The van der Waals surface area contributed by atoms with Crippen molar-refractivity contribution in [2.45, 2.75) is 26.7 Å². The molecule has 0 aromatic rings. The lowest BCUT2D eigenvalue weighted by molar-refractivity contribution is 1.20. The van der Waals surface area contributed by atoms with Gasteiger partial charge in [-0.1, -0.05) is 0 Å². The zero-order valence-electron chi connectivity index (χ0n) is 6.31. The summed E-state index contributed by atoms with van der Waals surface area (Å²) in [7, 11) is 0. The predicted molar refractivity (Wildman–Crippen MR) is 42.5 cm³/mol. The monoisotopic (exact) mass is 134 g/mol. The van der Waals surface area contributed by atoms with Crippen LogP contribution in [0, 0.1) is 0 Å². The molecule has 2 heterocycles. The molecule has 0 aromatic carbocycles. The number of hydrogen-bond donors (Lipinski definition) is 0. The van der Waals surface area contributed by atoms with Gasteiger partial charge in [-0.05, 0) is 19.4 Å². The second kappa shape index (κ2) is 1.78. The second-order valence-electron chi connectivity index (χ2n) is 2.97. The van der Waals surface area contributed by atoms with E-state index in [-0.39, 0.29) is 0 Å². The van der Waals surface area contributed by atoms with Gasteiger partial charge in [0.1, 0.15) is 0 Å². The van der Waals surface area contributed by atoms with E-state index in [1.54, 1.807) is 0 Å². The third-order valence-corrected chi connectivity index (χ3v) is 1.85. The van der Waals surface area contributed by atoms with Gasteiger partial charge in [-0.3, -0.25) is 0 Å². The fraction of sp³-hybridized carbons (Fsp3) is 0.500. The fourth-order valence-electron chi connectivity index (χ4n) is 1.46. The van der Waals surface area contributed by atoms with Gasteiger partial charge in [0.05, 0.1) is 0 Å². The molecule has 0 amide bonds. The van der Waals surface area contributed by atoms with E-state index in [9.17, 15) is 0 Å². The minimum absolute atomic E-state index is 0.995. The molecule has 10 heavy (non-hydrogen) atoms. The highest BCUT2D eigenvalue weighted by molar-refractivity contribution is 5.95. The molecule has 2 rings (SSSR count). The van der Waals surface area contributed by atoms with Gasteiger partial charge in [0.2, 0.25) is 0 Å². The minimum atomic E-state index is 0.995. The standard InChI is InChI=1S/C8H10N2/c1-5-3-7-4-6(2)10-8(7)9-5/h3-4H2,1-2H3. The topological polar surface area (TPSA) is 24.7 Å². The molecule has 0 unspecified atom stereocenters. The van der Waals surface area contributed by atoms with Crippen LogP contribution in [0.25, 0.3) is 0 Å². The number of rotatable bonds is 0. The van der Waals surface area contributed by atoms with Crippen molar-refractivity contribution in [3.05, 3.63) is 11.4 Å². The predicted octanol–water partition coefficient (Wildman–Crippen LogP) is 1.93. The Balaban J connectivity index is 2.33. The molecule has 0 radical (unpaired) electrons. The van der Waals surface area contributed by atoms with Gasteiger partial charge in [0.15, 0.2) is 5.82 Å². The summed E-state index contributed by atoms with van der Waals surface area (Å²) in [5.41, 5.74) is 3.83. The van der Waals surface area contributed by atoms with E-state index < -0.39 is 0 Å². The van der Waals surface area contributed by atoms with E-state index in [1.165, 1.54) is 17.0 Å². The molecule has 0 N–H and O–H groups in total. The lowest BCUT2D eigenvalue weighted by Crippen LogP contribution is -1.92. The van der Waals surface area contributed by atoms with Crippen molar-refractivity contribution in [1.82, 2.24) is 0 Å². The molecule has 52 valence electrons. The van der Waals surface area contributed by atoms with E-state index in [1.807, 2.05) is 0 Å². The van der Waals surface area contributed by atoms with E-state index in [2.05, 4.69) is 23.8 Å². The molecule has 0 bridgehead atoms. The molecule has 0 aromatic heterocycles. The van der Waals surface area contributed by atoms with E-state index in [0.29, 0.717) is 0 Å². The summed E-state index contributed by atoms with van der Waals surface area (Å²) in [6, 6.07) is 0. The van der Waals surface area contributed by atoms with Crippen LogP contribution in [0.5, 0.6) is 0 Å². The van der Waals surface area contributed by atoms with Crippen molar-refractivity contribution in [2.24, 2.45) is 9.98 Å². The van der Waals surface area contributed by atoms with Crippen molar-refractivity contribution in [2.75, 3.05) is 0 Å². The maximum Gasteiger partial charge on any atom is 0.151 e. The van der Waals surface area contributed by atoms with Crippen LogP contribution in [0.4, 0.5) is 0 Å². The van der Waals surface area contributed by atoms with Crippen LogP contribution in [0.2, 0.25) is 0 Å². The molecule has 2 heteroatoms. The summed E-state index contributed by atoms with van der Waals surface area (Å²) < 4.78 is 0. The highest BCUT2D eigenvalue weighted by atomic mass is 15.0. The third-order valence-electron chi connectivity index (χ3n) is 1.85. The Morgan fingerprint density at radius 2 is 1.50 bits per heavy atom. The third kappa shape index (κ3) is 0.719. The van der Waals surface area contributed by atoms with E-state index in [4.69, 9.17) is 0 Å². The van der Waals surface area contributed by atoms with Crippen LogP contribution in [-0.2, 0) is 0 Å².